The largest absolute Gasteiger partial charge is 0.497 e. The molecule has 7 heteroatoms. The smallest absolute Gasteiger partial charge is 0.347 e. The van der Waals surface area contributed by atoms with Crippen molar-refractivity contribution in [3.63, 3.8) is 0 Å². The summed E-state index contributed by atoms with van der Waals surface area (Å²) < 4.78 is 27.2. The number of esters is 1. The summed E-state index contributed by atoms with van der Waals surface area (Å²) in [6, 6.07) is 10.4. The molecule has 144 valence electrons. The van der Waals surface area contributed by atoms with Gasteiger partial charge in [-0.3, -0.25) is 0 Å². The first kappa shape index (κ1) is 19.2. The van der Waals surface area contributed by atoms with Crippen LogP contribution in [0.3, 0.4) is 0 Å². The molecule has 2 aromatic carbocycles. The Kier molecular flexibility index (Phi) is 6.29. The number of hydrogen-bond donors (Lipinski definition) is 0. The molecule has 0 aliphatic carbocycles. The topological polar surface area (TPSA) is 63.2 Å². The van der Waals surface area contributed by atoms with Crippen LogP contribution in [-0.4, -0.2) is 32.4 Å². The highest BCUT2D eigenvalue weighted by molar-refractivity contribution is 6.32. The van der Waals surface area contributed by atoms with E-state index in [1.54, 1.807) is 50.4 Å². The van der Waals surface area contributed by atoms with Crippen molar-refractivity contribution in [2.45, 2.75) is 26.1 Å². The van der Waals surface area contributed by atoms with Crippen LogP contribution < -0.4 is 18.9 Å². The minimum Gasteiger partial charge on any atom is -0.497 e. The summed E-state index contributed by atoms with van der Waals surface area (Å²) in [6.07, 6.45) is 0.0319. The molecular formula is C20H21ClO6. The van der Waals surface area contributed by atoms with Crippen LogP contribution in [0.2, 0.25) is 5.02 Å². The van der Waals surface area contributed by atoms with Gasteiger partial charge in [-0.25, -0.2) is 4.79 Å². The maximum Gasteiger partial charge on any atom is 0.347 e. The van der Waals surface area contributed by atoms with Crippen molar-refractivity contribution >= 4 is 17.6 Å². The van der Waals surface area contributed by atoms with Crippen molar-refractivity contribution in [3.05, 3.63) is 47.0 Å². The Morgan fingerprint density at radius 3 is 2.59 bits per heavy atom. The minimum absolute atomic E-state index is 0.0610. The molecule has 0 amide bonds. The fourth-order valence-corrected chi connectivity index (χ4v) is 2.83. The van der Waals surface area contributed by atoms with Gasteiger partial charge in [-0.1, -0.05) is 11.6 Å². The molecule has 6 nitrogen and oxygen atoms in total. The zero-order valence-corrected chi connectivity index (χ0v) is 16.0. The number of halogens is 1. The minimum atomic E-state index is -0.755. The second-order valence-electron chi connectivity index (χ2n) is 6.00. The first-order valence-corrected chi connectivity index (χ1v) is 9.00. The van der Waals surface area contributed by atoms with Crippen molar-refractivity contribution < 1.29 is 28.5 Å². The van der Waals surface area contributed by atoms with E-state index in [1.165, 1.54) is 0 Å². The second kappa shape index (κ2) is 8.86. The molecular weight excluding hydrogens is 372 g/mol. The molecule has 3 rings (SSSR count). The fourth-order valence-electron chi connectivity index (χ4n) is 2.55. The Morgan fingerprint density at radius 1 is 1.15 bits per heavy atom. The number of benzene rings is 2. The third-order valence-corrected chi connectivity index (χ3v) is 4.23. The van der Waals surface area contributed by atoms with Gasteiger partial charge in [-0.15, -0.1) is 0 Å². The van der Waals surface area contributed by atoms with Crippen molar-refractivity contribution in [2.24, 2.45) is 0 Å². The summed E-state index contributed by atoms with van der Waals surface area (Å²) in [5.74, 6) is 1.88. The van der Waals surface area contributed by atoms with Crippen LogP contribution in [0.4, 0.5) is 0 Å². The molecule has 0 saturated carbocycles. The van der Waals surface area contributed by atoms with Gasteiger partial charge in [0.25, 0.3) is 0 Å². The third-order valence-electron chi connectivity index (χ3n) is 3.95. The number of hydrogen-bond acceptors (Lipinski definition) is 6. The van der Waals surface area contributed by atoms with Gasteiger partial charge in [0.2, 0.25) is 0 Å². The number of rotatable bonds is 6. The summed E-state index contributed by atoms with van der Waals surface area (Å²) in [6.45, 7) is 2.81. The molecule has 0 bridgehead atoms. The molecule has 2 aromatic rings. The molecule has 0 N–H and O–H groups in total. The van der Waals surface area contributed by atoms with Gasteiger partial charge in [0.05, 0.1) is 25.3 Å². The lowest BCUT2D eigenvalue weighted by Gasteiger charge is -2.15. The number of carbonyl (C=O) groups is 1. The van der Waals surface area contributed by atoms with Crippen LogP contribution in [0, 0.1) is 0 Å². The van der Waals surface area contributed by atoms with Crippen LogP contribution in [0.1, 0.15) is 18.9 Å². The zero-order valence-electron chi connectivity index (χ0n) is 15.2. The van der Waals surface area contributed by atoms with E-state index in [1.807, 2.05) is 0 Å². The molecule has 27 heavy (non-hydrogen) atoms. The Balaban J connectivity index is 1.58. The highest BCUT2D eigenvalue weighted by Gasteiger charge is 2.19. The summed E-state index contributed by atoms with van der Waals surface area (Å²) in [5, 5.41) is 0.433. The molecule has 1 aliphatic heterocycles. The Labute approximate surface area is 162 Å². The number of carbonyl (C=O) groups excluding carboxylic acids is 1. The summed E-state index contributed by atoms with van der Waals surface area (Å²) in [5.41, 5.74) is 0.717. The molecule has 1 atom stereocenters. The van der Waals surface area contributed by atoms with Gasteiger partial charge in [0.15, 0.2) is 17.6 Å². The Hall–Kier alpha value is -2.60. The molecule has 0 fully saturated rings. The monoisotopic (exact) mass is 392 g/mol. The van der Waals surface area contributed by atoms with Crippen molar-refractivity contribution in [1.82, 2.24) is 0 Å². The maximum atomic E-state index is 12.2. The van der Waals surface area contributed by atoms with Crippen molar-refractivity contribution in [3.8, 4) is 23.0 Å². The maximum absolute atomic E-state index is 12.2. The van der Waals surface area contributed by atoms with Crippen molar-refractivity contribution in [2.75, 3.05) is 20.3 Å². The molecule has 1 aliphatic rings. The number of ether oxygens (including phenoxy) is 5. The highest BCUT2D eigenvalue weighted by atomic mass is 35.5. The van der Waals surface area contributed by atoms with Crippen LogP contribution >= 0.6 is 11.6 Å². The lowest BCUT2D eigenvalue weighted by molar-refractivity contribution is -0.152. The van der Waals surface area contributed by atoms with Crippen LogP contribution in [0.5, 0.6) is 23.0 Å². The SMILES string of the molecule is COc1ccc(OC(C)C(=O)OCc2cc(Cl)c3c(c2)OCCCO3)cc1. The molecule has 1 heterocycles. The van der Waals surface area contributed by atoms with E-state index in [9.17, 15) is 4.79 Å². The molecule has 0 saturated heterocycles. The van der Waals surface area contributed by atoms with E-state index in [2.05, 4.69) is 0 Å². The predicted octanol–water partition coefficient (Wildman–Crippen LogP) is 4.02. The average molecular weight is 393 g/mol. The summed E-state index contributed by atoms with van der Waals surface area (Å²) in [7, 11) is 1.59. The molecule has 1 unspecified atom stereocenters. The van der Waals surface area contributed by atoms with Gasteiger partial charge >= 0.3 is 5.97 Å². The third kappa shape index (κ3) is 4.98. The lowest BCUT2D eigenvalue weighted by Crippen LogP contribution is -2.26. The highest BCUT2D eigenvalue weighted by Crippen LogP contribution is 2.38. The van der Waals surface area contributed by atoms with Crippen molar-refractivity contribution in [1.29, 1.82) is 0 Å². The lowest BCUT2D eigenvalue weighted by atomic mass is 10.2. The Morgan fingerprint density at radius 2 is 1.85 bits per heavy atom. The predicted molar refractivity (Wildman–Crippen MR) is 99.9 cm³/mol. The first-order valence-electron chi connectivity index (χ1n) is 8.62. The van der Waals surface area contributed by atoms with Crippen LogP contribution in [0.25, 0.3) is 0 Å². The Bertz CT molecular complexity index is 790. The van der Waals surface area contributed by atoms with Crippen LogP contribution in [0.15, 0.2) is 36.4 Å². The van der Waals surface area contributed by atoms with E-state index in [4.69, 9.17) is 35.3 Å². The van der Waals surface area contributed by atoms with E-state index in [-0.39, 0.29) is 6.61 Å². The zero-order chi connectivity index (χ0) is 19.2. The summed E-state index contributed by atoms with van der Waals surface area (Å²) >= 11 is 6.25. The number of methoxy groups -OCH3 is 1. The first-order chi connectivity index (χ1) is 13.1. The normalized spacial score (nSPS) is 14.0. The summed E-state index contributed by atoms with van der Waals surface area (Å²) in [4.78, 5) is 12.2. The number of fused-ring (bicyclic) bond motifs is 1. The fraction of sp³-hybridized carbons (Fsp3) is 0.350. The van der Waals surface area contributed by atoms with Gasteiger partial charge in [-0.2, -0.15) is 0 Å². The average Bonchev–Trinajstić information content (AvgIpc) is 2.92. The van der Waals surface area contributed by atoms with E-state index in [0.717, 1.165) is 6.42 Å². The molecule has 0 radical (unpaired) electrons. The second-order valence-corrected chi connectivity index (χ2v) is 6.41. The standard InChI is InChI=1S/C20H21ClO6/c1-13(27-16-6-4-15(23-2)5-7-16)20(22)26-12-14-10-17(21)19-18(11-14)24-8-3-9-25-19/h4-7,10-11,13H,3,8-9,12H2,1-2H3. The molecule has 0 aromatic heterocycles. The van der Waals surface area contributed by atoms with Gasteiger partial charge < -0.3 is 23.7 Å². The van der Waals surface area contributed by atoms with Crippen LogP contribution in [-0.2, 0) is 16.1 Å². The molecule has 0 spiro atoms. The van der Waals surface area contributed by atoms with E-state index < -0.39 is 12.1 Å². The van der Waals surface area contributed by atoms with Gasteiger partial charge in [-0.05, 0) is 48.9 Å². The van der Waals surface area contributed by atoms with E-state index >= 15 is 0 Å². The van der Waals surface area contributed by atoms with Gasteiger partial charge in [0.1, 0.15) is 18.1 Å². The van der Waals surface area contributed by atoms with E-state index in [0.29, 0.717) is 46.8 Å². The van der Waals surface area contributed by atoms with Gasteiger partial charge in [0, 0.05) is 6.42 Å². The quantitative estimate of drug-likeness (QED) is 0.692.